The summed E-state index contributed by atoms with van der Waals surface area (Å²) in [6, 6.07) is 4.77. The lowest BCUT2D eigenvalue weighted by Crippen LogP contribution is -2.37. The van der Waals surface area contributed by atoms with Gasteiger partial charge < -0.3 is 15.8 Å². The van der Waals surface area contributed by atoms with Crippen molar-refractivity contribution in [3.8, 4) is 5.75 Å². The molecule has 116 valence electrons. The van der Waals surface area contributed by atoms with Gasteiger partial charge >= 0.3 is 0 Å². The molecule has 0 radical (unpaired) electrons. The molecule has 1 fully saturated rings. The van der Waals surface area contributed by atoms with Crippen LogP contribution in [-0.2, 0) is 11.3 Å². The lowest BCUT2D eigenvalue weighted by atomic mass is 10.1. The van der Waals surface area contributed by atoms with Crippen molar-refractivity contribution >= 4 is 5.91 Å². The van der Waals surface area contributed by atoms with Gasteiger partial charge in [0.25, 0.3) is 5.91 Å². The van der Waals surface area contributed by atoms with E-state index in [0.717, 1.165) is 25.7 Å². The van der Waals surface area contributed by atoms with Crippen molar-refractivity contribution in [1.29, 1.82) is 0 Å². The average Bonchev–Trinajstić information content (AvgIpc) is 2.74. The SMILES string of the molecule is NCc1ccc(OCC(=O)NC2CCCCCC2)c(F)c1. The number of benzene rings is 1. The molecule has 0 saturated heterocycles. The van der Waals surface area contributed by atoms with E-state index in [1.807, 2.05) is 0 Å². The van der Waals surface area contributed by atoms with E-state index in [-0.39, 0.29) is 30.9 Å². The van der Waals surface area contributed by atoms with Crippen molar-refractivity contribution < 1.29 is 13.9 Å². The van der Waals surface area contributed by atoms with Crippen LogP contribution in [0.4, 0.5) is 4.39 Å². The Bertz CT molecular complexity index is 471. The molecule has 4 nitrogen and oxygen atoms in total. The number of rotatable bonds is 5. The number of halogens is 1. The van der Waals surface area contributed by atoms with Crippen molar-refractivity contribution in [3.63, 3.8) is 0 Å². The maximum atomic E-state index is 13.7. The summed E-state index contributed by atoms with van der Waals surface area (Å²) in [5, 5.41) is 2.96. The molecule has 1 saturated carbocycles. The van der Waals surface area contributed by atoms with E-state index in [9.17, 15) is 9.18 Å². The van der Waals surface area contributed by atoms with Crippen LogP contribution in [0.1, 0.15) is 44.1 Å². The smallest absolute Gasteiger partial charge is 0.258 e. The predicted octanol–water partition coefficient (Wildman–Crippen LogP) is 2.50. The highest BCUT2D eigenvalue weighted by Crippen LogP contribution is 2.19. The van der Waals surface area contributed by atoms with Gasteiger partial charge in [0, 0.05) is 12.6 Å². The van der Waals surface area contributed by atoms with Crippen molar-refractivity contribution in [3.05, 3.63) is 29.6 Å². The maximum Gasteiger partial charge on any atom is 0.258 e. The van der Waals surface area contributed by atoms with Crippen molar-refractivity contribution in [1.82, 2.24) is 5.32 Å². The van der Waals surface area contributed by atoms with Gasteiger partial charge in [-0.2, -0.15) is 0 Å². The van der Waals surface area contributed by atoms with Gasteiger partial charge in [0.1, 0.15) is 0 Å². The molecule has 0 heterocycles. The summed E-state index contributed by atoms with van der Waals surface area (Å²) in [7, 11) is 0. The third-order valence-corrected chi connectivity index (χ3v) is 3.81. The lowest BCUT2D eigenvalue weighted by Gasteiger charge is -2.16. The molecule has 1 aliphatic carbocycles. The average molecular weight is 294 g/mol. The van der Waals surface area contributed by atoms with Crippen LogP contribution in [0.25, 0.3) is 0 Å². The number of nitrogens with one attached hydrogen (secondary N) is 1. The number of hydrogen-bond donors (Lipinski definition) is 2. The van der Waals surface area contributed by atoms with Crippen molar-refractivity contribution in [2.24, 2.45) is 5.73 Å². The Labute approximate surface area is 124 Å². The Morgan fingerprint density at radius 3 is 2.62 bits per heavy atom. The van der Waals surface area contributed by atoms with E-state index in [0.29, 0.717) is 5.56 Å². The molecule has 1 amide bonds. The van der Waals surface area contributed by atoms with Crippen molar-refractivity contribution in [2.45, 2.75) is 51.1 Å². The van der Waals surface area contributed by atoms with Crippen LogP contribution in [0.15, 0.2) is 18.2 Å². The monoisotopic (exact) mass is 294 g/mol. The molecule has 2 rings (SSSR count). The fraction of sp³-hybridized carbons (Fsp3) is 0.562. The molecule has 0 bridgehead atoms. The third-order valence-electron chi connectivity index (χ3n) is 3.81. The molecular weight excluding hydrogens is 271 g/mol. The Kier molecular flexibility index (Phi) is 5.99. The quantitative estimate of drug-likeness (QED) is 0.820. The van der Waals surface area contributed by atoms with Crippen LogP contribution in [0, 0.1) is 5.82 Å². The second-order valence-corrected chi connectivity index (χ2v) is 5.51. The normalized spacial score (nSPS) is 16.3. The number of nitrogens with two attached hydrogens (primary N) is 1. The summed E-state index contributed by atoms with van der Waals surface area (Å²) < 4.78 is 18.9. The first-order valence-electron chi connectivity index (χ1n) is 7.59. The van der Waals surface area contributed by atoms with E-state index in [2.05, 4.69) is 5.32 Å². The van der Waals surface area contributed by atoms with E-state index >= 15 is 0 Å². The molecular formula is C16H23FN2O2. The summed E-state index contributed by atoms with van der Waals surface area (Å²) in [6.45, 7) is 0.120. The van der Waals surface area contributed by atoms with Crippen LogP contribution in [0.5, 0.6) is 5.75 Å². The second kappa shape index (κ2) is 7.98. The van der Waals surface area contributed by atoms with Gasteiger partial charge in [0.15, 0.2) is 18.2 Å². The summed E-state index contributed by atoms with van der Waals surface area (Å²) in [6.07, 6.45) is 6.82. The highest BCUT2D eigenvalue weighted by Gasteiger charge is 2.15. The molecule has 1 aromatic carbocycles. The Morgan fingerprint density at radius 2 is 2.00 bits per heavy atom. The standard InChI is InChI=1S/C16H23FN2O2/c17-14-9-12(10-18)7-8-15(14)21-11-16(20)19-13-5-3-1-2-4-6-13/h7-9,13H,1-6,10-11,18H2,(H,19,20). The number of ether oxygens (including phenoxy) is 1. The number of carbonyl (C=O) groups is 1. The molecule has 0 aliphatic heterocycles. The molecule has 0 atom stereocenters. The molecule has 5 heteroatoms. The fourth-order valence-corrected chi connectivity index (χ4v) is 2.62. The van der Waals surface area contributed by atoms with Crippen LogP contribution in [0.3, 0.4) is 0 Å². The maximum absolute atomic E-state index is 13.7. The summed E-state index contributed by atoms with van der Waals surface area (Å²) in [5.41, 5.74) is 6.13. The van der Waals surface area contributed by atoms with E-state index < -0.39 is 5.82 Å². The zero-order valence-corrected chi connectivity index (χ0v) is 12.2. The van der Waals surface area contributed by atoms with Gasteiger partial charge in [0.2, 0.25) is 0 Å². The minimum absolute atomic E-state index is 0.0863. The van der Waals surface area contributed by atoms with Crippen LogP contribution >= 0.6 is 0 Å². The van der Waals surface area contributed by atoms with Gasteiger partial charge in [-0.1, -0.05) is 31.7 Å². The minimum atomic E-state index is -0.486. The minimum Gasteiger partial charge on any atom is -0.481 e. The molecule has 3 N–H and O–H groups in total. The molecule has 0 unspecified atom stereocenters. The fourth-order valence-electron chi connectivity index (χ4n) is 2.62. The first-order valence-corrected chi connectivity index (χ1v) is 7.59. The van der Waals surface area contributed by atoms with Gasteiger partial charge in [-0.15, -0.1) is 0 Å². The van der Waals surface area contributed by atoms with Gasteiger partial charge in [-0.05, 0) is 30.5 Å². The molecule has 1 aromatic rings. The summed E-state index contributed by atoms with van der Waals surface area (Å²) in [4.78, 5) is 11.9. The first-order chi connectivity index (χ1) is 10.2. The zero-order chi connectivity index (χ0) is 15.1. The van der Waals surface area contributed by atoms with E-state index in [1.54, 1.807) is 6.07 Å². The Morgan fingerprint density at radius 1 is 1.29 bits per heavy atom. The number of amides is 1. The number of carbonyl (C=O) groups excluding carboxylic acids is 1. The lowest BCUT2D eigenvalue weighted by molar-refractivity contribution is -0.123. The third kappa shape index (κ3) is 5.01. The highest BCUT2D eigenvalue weighted by molar-refractivity contribution is 5.77. The zero-order valence-electron chi connectivity index (χ0n) is 12.2. The molecule has 1 aliphatic rings. The topological polar surface area (TPSA) is 64.3 Å². The highest BCUT2D eigenvalue weighted by atomic mass is 19.1. The summed E-state index contributed by atoms with van der Waals surface area (Å²) in [5.74, 6) is -0.590. The Balaban J connectivity index is 1.80. The van der Waals surface area contributed by atoms with Crippen LogP contribution < -0.4 is 15.8 Å². The van der Waals surface area contributed by atoms with E-state index in [4.69, 9.17) is 10.5 Å². The second-order valence-electron chi connectivity index (χ2n) is 5.51. The molecule has 21 heavy (non-hydrogen) atoms. The summed E-state index contributed by atoms with van der Waals surface area (Å²) >= 11 is 0. The van der Waals surface area contributed by atoms with Crippen LogP contribution in [0.2, 0.25) is 0 Å². The van der Waals surface area contributed by atoms with Gasteiger partial charge in [0.05, 0.1) is 0 Å². The molecule has 0 aromatic heterocycles. The van der Waals surface area contributed by atoms with Gasteiger partial charge in [-0.25, -0.2) is 4.39 Å². The Hall–Kier alpha value is -1.62. The predicted molar refractivity (Wildman–Crippen MR) is 79.4 cm³/mol. The number of hydrogen-bond acceptors (Lipinski definition) is 3. The van der Waals surface area contributed by atoms with Crippen LogP contribution in [-0.4, -0.2) is 18.6 Å². The van der Waals surface area contributed by atoms with E-state index in [1.165, 1.54) is 25.0 Å². The van der Waals surface area contributed by atoms with Crippen molar-refractivity contribution in [2.75, 3.05) is 6.61 Å². The largest absolute Gasteiger partial charge is 0.481 e. The first kappa shape index (κ1) is 15.8. The molecule has 0 spiro atoms. The van der Waals surface area contributed by atoms with Gasteiger partial charge in [-0.3, -0.25) is 4.79 Å².